The number of nitrogens with zero attached hydrogens (tertiary/aromatic N) is 2. The summed E-state index contributed by atoms with van der Waals surface area (Å²) >= 11 is 0. The van der Waals surface area contributed by atoms with Crippen LogP contribution in [0.2, 0.25) is 0 Å². The highest BCUT2D eigenvalue weighted by Gasteiger charge is 2.06. The molecule has 8 N–H and O–H groups in total. The normalized spacial score (nSPS) is 10.6. The number of aryl methyl sites for hydroxylation is 2. The van der Waals surface area contributed by atoms with Gasteiger partial charge >= 0.3 is 24.2 Å². The van der Waals surface area contributed by atoms with Gasteiger partial charge in [-0.1, -0.05) is 51.4 Å². The van der Waals surface area contributed by atoms with Crippen molar-refractivity contribution in [3.05, 3.63) is 44.2 Å². The molecule has 2 aromatic heterocycles. The van der Waals surface area contributed by atoms with Gasteiger partial charge in [-0.25, -0.2) is 29.1 Å². The number of ether oxygens (including phenoxy) is 2. The molecule has 0 spiro atoms. The molecule has 18 heteroatoms. The van der Waals surface area contributed by atoms with Crippen LogP contribution in [-0.2, 0) is 9.47 Å². The maximum absolute atomic E-state index is 11.9. The van der Waals surface area contributed by atoms with Crippen molar-refractivity contribution < 1.29 is 28.7 Å². The number of hydrogen-bond donors (Lipinski definition) is 8. The zero-order chi connectivity index (χ0) is 37.8. The van der Waals surface area contributed by atoms with Crippen LogP contribution in [0.25, 0.3) is 0 Å². The number of nitrogens with one attached hydrogen (secondary N) is 8. The quantitative estimate of drug-likeness (QED) is 0.0671. The summed E-state index contributed by atoms with van der Waals surface area (Å²) in [7, 11) is 0. The molecule has 0 aliphatic carbocycles. The van der Waals surface area contributed by atoms with E-state index in [-0.39, 0.29) is 23.0 Å². The second kappa shape index (κ2) is 26.6. The summed E-state index contributed by atoms with van der Waals surface area (Å²) < 4.78 is 10.4. The monoisotopic (exact) mass is 732 g/mol. The fourth-order valence-electron chi connectivity index (χ4n) is 4.91. The number of hydrogen-bond acceptors (Lipinski definition) is 10. The fourth-order valence-corrected chi connectivity index (χ4v) is 4.91. The second-order valence-electron chi connectivity index (χ2n) is 12.3. The highest BCUT2D eigenvalue weighted by molar-refractivity contribution is 5.87. The van der Waals surface area contributed by atoms with Gasteiger partial charge in [0.15, 0.2) is 0 Å². The van der Waals surface area contributed by atoms with Crippen LogP contribution in [0.5, 0.6) is 0 Å². The van der Waals surface area contributed by atoms with Gasteiger partial charge < -0.3 is 30.7 Å². The highest BCUT2D eigenvalue weighted by Crippen LogP contribution is 2.06. The predicted octanol–water partition coefficient (Wildman–Crippen LogP) is 4.33. The van der Waals surface area contributed by atoms with E-state index >= 15 is 0 Å². The lowest BCUT2D eigenvalue weighted by Gasteiger charge is -2.08. The van der Waals surface area contributed by atoms with Crippen molar-refractivity contribution in [2.75, 3.05) is 50.0 Å². The first-order valence-corrected chi connectivity index (χ1v) is 18.2. The first kappa shape index (κ1) is 43.0. The molecule has 0 saturated heterocycles. The number of carbonyl (C=O) groups is 4. The molecule has 0 fully saturated rings. The molecular weight excluding hydrogens is 676 g/mol. The first-order chi connectivity index (χ1) is 25.1. The zero-order valence-corrected chi connectivity index (χ0v) is 30.5. The average Bonchev–Trinajstić information content (AvgIpc) is 3.07. The minimum absolute atomic E-state index is 0.107. The van der Waals surface area contributed by atoms with Crippen molar-refractivity contribution in [1.29, 1.82) is 0 Å². The smallest absolute Gasteiger partial charge is 0.407 e. The molecule has 2 aromatic rings. The average molecular weight is 733 g/mol. The summed E-state index contributed by atoms with van der Waals surface area (Å²) in [6.45, 7) is 6.11. The van der Waals surface area contributed by atoms with Crippen LogP contribution in [0.1, 0.15) is 101 Å². The summed E-state index contributed by atoms with van der Waals surface area (Å²) in [4.78, 5) is 83.3. The molecular formula is C34H56N10O8. The van der Waals surface area contributed by atoms with Crippen molar-refractivity contribution >= 4 is 36.1 Å². The second-order valence-corrected chi connectivity index (χ2v) is 12.3. The van der Waals surface area contributed by atoms with Crippen LogP contribution >= 0.6 is 0 Å². The number of H-pyrrole nitrogens is 2. The molecule has 0 aliphatic heterocycles. The van der Waals surface area contributed by atoms with E-state index in [1.807, 2.05) is 0 Å². The topological polar surface area (TPSA) is 250 Å². The molecule has 2 heterocycles. The molecule has 52 heavy (non-hydrogen) atoms. The Bertz CT molecular complexity index is 1370. The SMILES string of the molecule is Cc1cc(=O)[nH]c(NC(=O)NCCCCCCNC(=O)OCCCCCCCCOC(=O)NCCCCCCNC(=O)Nc2nc(C)cc(=O)[nH]2)n1. The summed E-state index contributed by atoms with van der Waals surface area (Å²) in [5, 5.41) is 15.9. The van der Waals surface area contributed by atoms with E-state index in [2.05, 4.69) is 51.8 Å². The molecule has 0 aliphatic rings. The van der Waals surface area contributed by atoms with Crippen LogP contribution in [0, 0.1) is 13.8 Å². The molecule has 0 radical (unpaired) electrons. The third-order valence-electron chi connectivity index (χ3n) is 7.53. The number of unbranched alkanes of at least 4 members (excludes halogenated alkanes) is 11. The van der Waals surface area contributed by atoms with E-state index in [4.69, 9.17) is 9.47 Å². The minimum Gasteiger partial charge on any atom is -0.450 e. The summed E-state index contributed by atoms with van der Waals surface area (Å²) in [6.07, 6.45) is 11.5. The number of urea groups is 2. The van der Waals surface area contributed by atoms with Gasteiger partial charge in [-0.05, 0) is 52.4 Å². The Balaban J connectivity index is 1.27. The van der Waals surface area contributed by atoms with Crippen LogP contribution in [-0.4, -0.2) is 83.6 Å². The van der Waals surface area contributed by atoms with E-state index < -0.39 is 24.2 Å². The number of carbonyl (C=O) groups excluding carboxylic acids is 4. The van der Waals surface area contributed by atoms with Gasteiger partial charge in [0.2, 0.25) is 11.9 Å². The highest BCUT2D eigenvalue weighted by atomic mass is 16.6. The van der Waals surface area contributed by atoms with Crippen molar-refractivity contribution in [2.24, 2.45) is 0 Å². The third kappa shape index (κ3) is 22.5. The Kier molecular flexibility index (Phi) is 22.0. The Morgan fingerprint density at radius 2 is 0.846 bits per heavy atom. The molecule has 18 nitrogen and oxygen atoms in total. The van der Waals surface area contributed by atoms with Crippen molar-refractivity contribution in [3.63, 3.8) is 0 Å². The maximum atomic E-state index is 11.9. The van der Waals surface area contributed by atoms with Crippen molar-refractivity contribution in [3.8, 4) is 0 Å². The zero-order valence-electron chi connectivity index (χ0n) is 30.5. The molecule has 0 bridgehead atoms. The number of amides is 6. The molecule has 6 amide bonds. The van der Waals surface area contributed by atoms with Gasteiger partial charge in [-0.3, -0.25) is 30.2 Å². The van der Waals surface area contributed by atoms with Gasteiger partial charge in [-0.15, -0.1) is 0 Å². The molecule has 0 saturated carbocycles. The Hall–Kier alpha value is -5.16. The van der Waals surface area contributed by atoms with Gasteiger partial charge in [-0.2, -0.15) is 0 Å². The molecule has 0 aromatic carbocycles. The third-order valence-corrected chi connectivity index (χ3v) is 7.53. The number of alkyl carbamates (subject to hydrolysis) is 2. The van der Waals surface area contributed by atoms with Gasteiger partial charge in [0.1, 0.15) is 0 Å². The first-order valence-electron chi connectivity index (χ1n) is 18.2. The summed E-state index contributed by atoms with van der Waals surface area (Å²) in [6, 6.07) is 1.82. The lowest BCUT2D eigenvalue weighted by molar-refractivity contribution is 0.141. The van der Waals surface area contributed by atoms with Crippen molar-refractivity contribution in [1.82, 2.24) is 41.2 Å². The van der Waals surface area contributed by atoms with Crippen LogP contribution in [0.3, 0.4) is 0 Å². The maximum Gasteiger partial charge on any atom is 0.407 e. The number of anilines is 2. The molecule has 0 atom stereocenters. The van der Waals surface area contributed by atoms with Gasteiger partial charge in [0, 0.05) is 49.7 Å². The Morgan fingerprint density at radius 3 is 1.21 bits per heavy atom. The van der Waals surface area contributed by atoms with Crippen LogP contribution < -0.4 is 43.0 Å². The molecule has 0 unspecified atom stereocenters. The van der Waals surface area contributed by atoms with Gasteiger partial charge in [0.25, 0.3) is 11.1 Å². The predicted molar refractivity (Wildman–Crippen MR) is 197 cm³/mol. The van der Waals surface area contributed by atoms with E-state index in [0.717, 1.165) is 89.9 Å². The fraction of sp³-hybridized carbons (Fsp3) is 0.647. The van der Waals surface area contributed by atoms with E-state index in [9.17, 15) is 28.8 Å². The largest absolute Gasteiger partial charge is 0.450 e. The van der Waals surface area contributed by atoms with Crippen LogP contribution in [0.15, 0.2) is 21.7 Å². The minimum atomic E-state index is -0.433. The van der Waals surface area contributed by atoms with E-state index in [1.165, 1.54) is 12.1 Å². The standard InChI is InChI=1S/C34H56N10O8/c1-25-23-27(45)41-29(39-25)43-31(47)35-17-11-5-7-13-19-37-33(49)51-21-15-9-3-4-10-16-22-52-34(50)38-20-14-8-6-12-18-36-32(48)44-30-40-26(2)24-28(46)42-30/h23-24H,3-22H2,1-2H3,(H,37,49)(H,38,50)(H3,35,39,41,43,45,47)(H3,36,40,42,44,46,48). The molecule has 2 rings (SSSR count). The van der Waals surface area contributed by atoms with Gasteiger partial charge in [0.05, 0.1) is 13.2 Å². The summed E-state index contributed by atoms with van der Waals surface area (Å²) in [5.74, 6) is 0.213. The Morgan fingerprint density at radius 1 is 0.519 bits per heavy atom. The van der Waals surface area contributed by atoms with E-state index in [0.29, 0.717) is 50.8 Å². The van der Waals surface area contributed by atoms with Crippen LogP contribution in [0.4, 0.5) is 31.1 Å². The van der Waals surface area contributed by atoms with Crippen molar-refractivity contribution in [2.45, 2.75) is 104 Å². The number of aromatic nitrogens is 4. The Labute approximate surface area is 303 Å². The lowest BCUT2D eigenvalue weighted by atomic mass is 10.1. The summed E-state index contributed by atoms with van der Waals surface area (Å²) in [5.41, 5.74) is 0.371. The number of rotatable bonds is 25. The lowest BCUT2D eigenvalue weighted by Crippen LogP contribution is -2.31. The van der Waals surface area contributed by atoms with E-state index in [1.54, 1.807) is 13.8 Å². The molecule has 290 valence electrons. The number of aromatic amines is 2.